The Balaban J connectivity index is 1.64. The Hall–Kier alpha value is -4.33. The van der Waals surface area contributed by atoms with Crippen LogP contribution in [0.2, 0.25) is 0 Å². The van der Waals surface area contributed by atoms with Crippen LogP contribution in [0.4, 0.5) is 11.4 Å². The number of hydrogen-bond acceptors (Lipinski definition) is 5. The van der Waals surface area contributed by atoms with Crippen molar-refractivity contribution < 1.29 is 19.1 Å². The summed E-state index contributed by atoms with van der Waals surface area (Å²) in [5, 5.41) is 5.78. The molecule has 4 aromatic rings. The average molecular weight is 459 g/mol. The van der Waals surface area contributed by atoms with Crippen molar-refractivity contribution in [3.63, 3.8) is 0 Å². The van der Waals surface area contributed by atoms with E-state index in [0.29, 0.717) is 52.9 Å². The van der Waals surface area contributed by atoms with Gasteiger partial charge in [-0.05, 0) is 45.0 Å². The predicted molar refractivity (Wildman–Crippen MR) is 131 cm³/mol. The summed E-state index contributed by atoms with van der Waals surface area (Å²) in [5.74, 6) is 0.252. The Morgan fingerprint density at radius 3 is 2.03 bits per heavy atom. The van der Waals surface area contributed by atoms with Gasteiger partial charge in [-0.1, -0.05) is 18.2 Å². The SMILES string of the molecule is CCOc1cc(NC(=O)c2ccn3cc(C)nc3c2)c(OCC)cc1NC(=O)c1ccccc1. The fourth-order valence-corrected chi connectivity index (χ4v) is 3.53. The molecule has 0 aliphatic carbocycles. The van der Waals surface area contributed by atoms with Gasteiger partial charge in [0.2, 0.25) is 0 Å². The maximum Gasteiger partial charge on any atom is 0.255 e. The lowest BCUT2D eigenvalue weighted by molar-refractivity contribution is 0.101. The van der Waals surface area contributed by atoms with Crippen molar-refractivity contribution in [3.8, 4) is 11.5 Å². The summed E-state index contributed by atoms with van der Waals surface area (Å²) in [6.45, 7) is 6.35. The summed E-state index contributed by atoms with van der Waals surface area (Å²) < 4.78 is 13.4. The molecule has 2 N–H and O–H groups in total. The Bertz CT molecular complexity index is 1330. The van der Waals surface area contributed by atoms with Gasteiger partial charge in [-0.3, -0.25) is 9.59 Å². The van der Waals surface area contributed by atoms with Gasteiger partial charge in [-0.2, -0.15) is 0 Å². The van der Waals surface area contributed by atoms with E-state index in [4.69, 9.17) is 9.47 Å². The number of nitrogens with zero attached hydrogens (tertiary/aromatic N) is 2. The molecular formula is C26H26N4O4. The second-order valence-electron chi connectivity index (χ2n) is 7.55. The number of aromatic nitrogens is 2. The number of imidazole rings is 1. The molecule has 174 valence electrons. The minimum atomic E-state index is -0.312. The number of fused-ring (bicyclic) bond motifs is 1. The van der Waals surface area contributed by atoms with Gasteiger partial charge in [0, 0.05) is 35.7 Å². The molecule has 0 aliphatic rings. The summed E-state index contributed by atoms with van der Waals surface area (Å²) in [6.07, 6.45) is 3.68. The topological polar surface area (TPSA) is 94.0 Å². The van der Waals surface area contributed by atoms with E-state index in [-0.39, 0.29) is 11.8 Å². The van der Waals surface area contributed by atoms with Crippen molar-refractivity contribution in [1.29, 1.82) is 0 Å². The predicted octanol–water partition coefficient (Wildman–Crippen LogP) is 4.94. The van der Waals surface area contributed by atoms with Crippen LogP contribution >= 0.6 is 0 Å². The second kappa shape index (κ2) is 10.1. The molecule has 4 rings (SSSR count). The van der Waals surface area contributed by atoms with Crippen LogP contribution in [-0.4, -0.2) is 34.4 Å². The van der Waals surface area contributed by atoms with Crippen molar-refractivity contribution in [2.75, 3.05) is 23.8 Å². The zero-order valence-electron chi connectivity index (χ0n) is 19.3. The van der Waals surface area contributed by atoms with Crippen molar-refractivity contribution in [2.45, 2.75) is 20.8 Å². The number of carbonyl (C=O) groups excluding carboxylic acids is 2. The average Bonchev–Trinajstić information content (AvgIpc) is 3.21. The lowest BCUT2D eigenvalue weighted by atomic mass is 10.1. The highest BCUT2D eigenvalue weighted by Crippen LogP contribution is 2.37. The van der Waals surface area contributed by atoms with Gasteiger partial charge in [-0.15, -0.1) is 0 Å². The van der Waals surface area contributed by atoms with Crippen molar-refractivity contribution >= 4 is 28.8 Å². The largest absolute Gasteiger partial charge is 0.492 e. The molecule has 34 heavy (non-hydrogen) atoms. The Morgan fingerprint density at radius 2 is 1.44 bits per heavy atom. The molecule has 8 nitrogen and oxygen atoms in total. The summed E-state index contributed by atoms with van der Waals surface area (Å²) in [7, 11) is 0. The van der Waals surface area contributed by atoms with Gasteiger partial charge in [0.05, 0.1) is 30.3 Å². The number of rotatable bonds is 8. The smallest absolute Gasteiger partial charge is 0.255 e. The highest BCUT2D eigenvalue weighted by Gasteiger charge is 2.18. The van der Waals surface area contributed by atoms with Crippen LogP contribution in [0.25, 0.3) is 5.65 Å². The van der Waals surface area contributed by atoms with E-state index in [1.807, 2.05) is 37.4 Å². The first-order chi connectivity index (χ1) is 16.5. The van der Waals surface area contributed by atoms with E-state index in [1.54, 1.807) is 54.7 Å². The molecule has 2 aromatic carbocycles. The Morgan fingerprint density at radius 1 is 0.853 bits per heavy atom. The van der Waals surface area contributed by atoms with Gasteiger partial charge in [0.25, 0.3) is 11.8 Å². The molecule has 2 amide bonds. The van der Waals surface area contributed by atoms with Gasteiger partial charge in [0.1, 0.15) is 17.1 Å². The lowest BCUT2D eigenvalue weighted by Gasteiger charge is -2.18. The van der Waals surface area contributed by atoms with Crippen LogP contribution in [0.5, 0.6) is 11.5 Å². The van der Waals surface area contributed by atoms with E-state index in [9.17, 15) is 9.59 Å². The summed E-state index contributed by atoms with van der Waals surface area (Å²) in [5.41, 5.74) is 3.42. The third-order valence-electron chi connectivity index (χ3n) is 5.06. The van der Waals surface area contributed by atoms with Crippen LogP contribution in [0.15, 0.2) is 67.0 Å². The fraction of sp³-hybridized carbons (Fsp3) is 0.192. The highest BCUT2D eigenvalue weighted by molar-refractivity contribution is 6.07. The lowest BCUT2D eigenvalue weighted by Crippen LogP contribution is -2.16. The van der Waals surface area contributed by atoms with Crippen LogP contribution in [0, 0.1) is 6.92 Å². The van der Waals surface area contributed by atoms with Crippen molar-refractivity contribution in [2.24, 2.45) is 0 Å². The normalized spacial score (nSPS) is 10.7. The van der Waals surface area contributed by atoms with E-state index >= 15 is 0 Å². The molecule has 0 aliphatic heterocycles. The Labute approximate surface area is 197 Å². The monoisotopic (exact) mass is 458 g/mol. The molecule has 2 heterocycles. The van der Waals surface area contributed by atoms with Crippen LogP contribution in [0.1, 0.15) is 40.3 Å². The first kappa shape index (κ1) is 22.8. The quantitative estimate of drug-likeness (QED) is 0.390. The molecule has 0 atom stereocenters. The molecule has 8 heteroatoms. The van der Waals surface area contributed by atoms with Gasteiger partial charge in [-0.25, -0.2) is 4.98 Å². The van der Waals surface area contributed by atoms with E-state index in [2.05, 4.69) is 15.6 Å². The number of hydrogen-bond donors (Lipinski definition) is 2. The third kappa shape index (κ3) is 5.01. The van der Waals surface area contributed by atoms with Gasteiger partial charge in [0.15, 0.2) is 0 Å². The van der Waals surface area contributed by atoms with E-state index in [1.165, 1.54) is 0 Å². The molecular weight excluding hydrogens is 432 g/mol. The highest BCUT2D eigenvalue weighted by atomic mass is 16.5. The molecule has 0 radical (unpaired) electrons. The molecule has 0 saturated heterocycles. The maximum atomic E-state index is 13.0. The third-order valence-corrected chi connectivity index (χ3v) is 5.06. The minimum Gasteiger partial charge on any atom is -0.492 e. The first-order valence-electron chi connectivity index (χ1n) is 11.0. The molecule has 0 saturated carbocycles. The number of amides is 2. The summed E-state index contributed by atoms with van der Waals surface area (Å²) >= 11 is 0. The van der Waals surface area contributed by atoms with Crippen LogP contribution < -0.4 is 20.1 Å². The molecule has 2 aromatic heterocycles. The van der Waals surface area contributed by atoms with Gasteiger partial charge >= 0.3 is 0 Å². The van der Waals surface area contributed by atoms with Gasteiger partial charge < -0.3 is 24.5 Å². The number of ether oxygens (including phenoxy) is 2. The number of pyridine rings is 1. The van der Waals surface area contributed by atoms with Crippen molar-refractivity contribution in [3.05, 3.63) is 83.8 Å². The minimum absolute atomic E-state index is 0.274. The maximum absolute atomic E-state index is 13.0. The van der Waals surface area contributed by atoms with E-state index in [0.717, 1.165) is 5.69 Å². The zero-order valence-corrected chi connectivity index (χ0v) is 19.3. The zero-order chi connectivity index (χ0) is 24.1. The molecule has 0 spiro atoms. The van der Waals surface area contributed by atoms with E-state index < -0.39 is 0 Å². The Kier molecular flexibility index (Phi) is 6.77. The molecule has 0 unspecified atom stereocenters. The summed E-state index contributed by atoms with van der Waals surface area (Å²) in [4.78, 5) is 30.1. The number of nitrogens with one attached hydrogen (secondary N) is 2. The second-order valence-corrected chi connectivity index (χ2v) is 7.55. The molecule has 0 fully saturated rings. The molecule has 0 bridgehead atoms. The number of aryl methyl sites for hydroxylation is 1. The standard InChI is InChI=1S/C26H26N4O4/c1-4-33-22-15-21(29-26(32)19-11-12-30-16-17(3)27-24(30)13-19)23(34-5-2)14-20(22)28-25(31)18-9-7-6-8-10-18/h6-16H,4-5H2,1-3H3,(H,28,31)(H,29,32). The summed E-state index contributed by atoms with van der Waals surface area (Å²) in [6, 6.07) is 15.7. The van der Waals surface area contributed by atoms with Crippen molar-refractivity contribution in [1.82, 2.24) is 9.38 Å². The number of anilines is 2. The fourth-order valence-electron chi connectivity index (χ4n) is 3.53. The number of benzene rings is 2. The first-order valence-corrected chi connectivity index (χ1v) is 11.0. The number of carbonyl (C=O) groups is 2. The van der Waals surface area contributed by atoms with Crippen LogP contribution in [-0.2, 0) is 0 Å². The van der Waals surface area contributed by atoms with Crippen LogP contribution in [0.3, 0.4) is 0 Å².